The molecule has 2 N–H and O–H groups in total. The number of aliphatic hydroxyl groups excluding tert-OH is 2. The summed E-state index contributed by atoms with van der Waals surface area (Å²) < 4.78 is 1.10. The highest BCUT2D eigenvalue weighted by molar-refractivity contribution is 4.79. The number of aliphatic hydroxyl groups is 2. The smallest absolute Gasteiger partial charge is 0.102 e. The molecule has 3 heteroatoms. The first-order valence-electron chi connectivity index (χ1n) is 6.40. The van der Waals surface area contributed by atoms with Crippen molar-refractivity contribution in [2.75, 3.05) is 32.8 Å². The maximum Gasteiger partial charge on any atom is 0.102 e. The van der Waals surface area contributed by atoms with E-state index in [2.05, 4.69) is 0 Å². The summed E-state index contributed by atoms with van der Waals surface area (Å²) in [6, 6.07) is 0.629. The Morgan fingerprint density at radius 1 is 1.00 bits per heavy atom. The highest BCUT2D eigenvalue weighted by Crippen LogP contribution is 2.36. The van der Waals surface area contributed by atoms with Gasteiger partial charge in [0.2, 0.25) is 0 Å². The number of nitrogens with zero attached hydrogens (tertiary/aromatic N) is 1. The lowest BCUT2D eigenvalue weighted by Gasteiger charge is -2.53. The molecule has 0 bridgehead atoms. The van der Waals surface area contributed by atoms with Gasteiger partial charge in [0.1, 0.15) is 6.54 Å². The van der Waals surface area contributed by atoms with E-state index >= 15 is 0 Å². The second kappa shape index (κ2) is 4.81. The molecule has 2 heterocycles. The quantitative estimate of drug-likeness (QED) is 0.681. The van der Waals surface area contributed by atoms with Crippen molar-refractivity contribution in [1.82, 2.24) is 0 Å². The predicted molar refractivity (Wildman–Crippen MR) is 59.4 cm³/mol. The third kappa shape index (κ3) is 2.05. The normalized spacial score (nSPS) is 41.2. The summed E-state index contributed by atoms with van der Waals surface area (Å²) in [5.41, 5.74) is 0. The van der Waals surface area contributed by atoms with Gasteiger partial charge >= 0.3 is 0 Å². The molecule has 2 rings (SSSR count). The van der Waals surface area contributed by atoms with Crippen molar-refractivity contribution in [3.8, 4) is 0 Å². The summed E-state index contributed by atoms with van der Waals surface area (Å²) in [6.07, 6.45) is 6.28. The summed E-state index contributed by atoms with van der Waals surface area (Å²) in [4.78, 5) is 0. The van der Waals surface area contributed by atoms with Crippen LogP contribution in [-0.2, 0) is 0 Å². The molecule has 0 amide bonds. The Kier molecular flexibility index (Phi) is 3.65. The zero-order valence-electron chi connectivity index (χ0n) is 9.57. The molecule has 2 fully saturated rings. The van der Waals surface area contributed by atoms with Crippen LogP contribution in [-0.4, -0.2) is 53.6 Å². The van der Waals surface area contributed by atoms with Gasteiger partial charge in [-0.15, -0.1) is 0 Å². The van der Waals surface area contributed by atoms with E-state index in [1.165, 1.54) is 45.2 Å². The van der Waals surface area contributed by atoms with Crippen LogP contribution in [0.25, 0.3) is 0 Å². The van der Waals surface area contributed by atoms with Gasteiger partial charge in [0.05, 0.1) is 32.3 Å². The van der Waals surface area contributed by atoms with Gasteiger partial charge < -0.3 is 14.7 Å². The SMILES string of the molecule is OCC[N@@+]12CCCC[C@H]1[C@H](CO)CCC2. The number of hydrogen-bond acceptors (Lipinski definition) is 2. The van der Waals surface area contributed by atoms with Crippen molar-refractivity contribution in [3.63, 3.8) is 0 Å². The van der Waals surface area contributed by atoms with Crippen molar-refractivity contribution in [2.24, 2.45) is 5.92 Å². The Morgan fingerprint density at radius 3 is 2.53 bits per heavy atom. The molecule has 0 spiro atoms. The minimum absolute atomic E-state index is 0.300. The fraction of sp³-hybridized carbons (Fsp3) is 1.00. The van der Waals surface area contributed by atoms with Gasteiger partial charge in [0, 0.05) is 12.3 Å². The van der Waals surface area contributed by atoms with Crippen LogP contribution in [0.3, 0.4) is 0 Å². The minimum Gasteiger partial charge on any atom is -0.396 e. The molecule has 2 saturated heterocycles. The number of rotatable bonds is 3. The lowest BCUT2D eigenvalue weighted by molar-refractivity contribution is -0.964. The van der Waals surface area contributed by atoms with Gasteiger partial charge in [-0.1, -0.05) is 0 Å². The molecule has 0 aromatic heterocycles. The van der Waals surface area contributed by atoms with Crippen LogP contribution >= 0.6 is 0 Å². The van der Waals surface area contributed by atoms with Crippen LogP contribution < -0.4 is 0 Å². The zero-order chi connectivity index (χ0) is 10.7. The minimum atomic E-state index is 0.300. The fourth-order valence-corrected chi connectivity index (χ4v) is 3.84. The molecule has 2 aliphatic rings. The van der Waals surface area contributed by atoms with Crippen LogP contribution in [0.1, 0.15) is 32.1 Å². The van der Waals surface area contributed by atoms with Crippen molar-refractivity contribution >= 4 is 0 Å². The van der Waals surface area contributed by atoms with Crippen molar-refractivity contribution in [3.05, 3.63) is 0 Å². The molecule has 0 aromatic rings. The van der Waals surface area contributed by atoms with Crippen LogP contribution in [0.2, 0.25) is 0 Å². The summed E-state index contributed by atoms with van der Waals surface area (Å²) >= 11 is 0. The molecule has 2 aliphatic heterocycles. The first-order chi connectivity index (χ1) is 7.32. The molecule has 3 nitrogen and oxygen atoms in total. The Hall–Kier alpha value is -0.120. The molecule has 88 valence electrons. The molecule has 0 aliphatic carbocycles. The molecule has 0 radical (unpaired) electrons. The maximum absolute atomic E-state index is 9.44. The maximum atomic E-state index is 9.44. The van der Waals surface area contributed by atoms with Gasteiger partial charge in [0.15, 0.2) is 0 Å². The van der Waals surface area contributed by atoms with Gasteiger partial charge in [-0.25, -0.2) is 0 Å². The largest absolute Gasteiger partial charge is 0.396 e. The Labute approximate surface area is 92.3 Å². The van der Waals surface area contributed by atoms with Gasteiger partial charge in [-0.05, 0) is 25.7 Å². The first kappa shape index (κ1) is 11.4. The van der Waals surface area contributed by atoms with Crippen molar-refractivity contribution < 1.29 is 14.7 Å². The predicted octanol–water partition coefficient (Wildman–Crippen LogP) is 0.750. The average Bonchev–Trinajstić information content (AvgIpc) is 2.28. The Balaban J connectivity index is 2.13. The number of fused-ring (bicyclic) bond motifs is 1. The Morgan fingerprint density at radius 2 is 1.80 bits per heavy atom. The molecule has 0 saturated carbocycles. The van der Waals surface area contributed by atoms with Crippen LogP contribution in [0.15, 0.2) is 0 Å². The van der Waals surface area contributed by atoms with E-state index in [1.54, 1.807) is 0 Å². The average molecular weight is 214 g/mol. The van der Waals surface area contributed by atoms with Crippen LogP contribution in [0.5, 0.6) is 0 Å². The third-order valence-corrected chi connectivity index (χ3v) is 4.56. The van der Waals surface area contributed by atoms with E-state index in [-0.39, 0.29) is 0 Å². The summed E-state index contributed by atoms with van der Waals surface area (Å²) in [5.74, 6) is 0.491. The van der Waals surface area contributed by atoms with E-state index in [1.807, 2.05) is 0 Å². The summed E-state index contributed by atoms with van der Waals surface area (Å²) in [6.45, 7) is 4.00. The van der Waals surface area contributed by atoms with Crippen molar-refractivity contribution in [1.29, 1.82) is 0 Å². The highest BCUT2D eigenvalue weighted by Gasteiger charge is 2.45. The van der Waals surface area contributed by atoms with E-state index in [0.29, 0.717) is 25.2 Å². The number of quaternary nitrogens is 1. The molecule has 0 unspecified atom stereocenters. The van der Waals surface area contributed by atoms with E-state index in [9.17, 15) is 10.2 Å². The lowest BCUT2D eigenvalue weighted by Crippen LogP contribution is -2.64. The van der Waals surface area contributed by atoms with E-state index < -0.39 is 0 Å². The molecular weight excluding hydrogens is 190 g/mol. The monoisotopic (exact) mass is 214 g/mol. The molecular formula is C12H24NO2+. The molecule has 3 atom stereocenters. The second-order valence-corrected chi connectivity index (χ2v) is 5.26. The number of hydrogen-bond donors (Lipinski definition) is 2. The van der Waals surface area contributed by atoms with E-state index in [4.69, 9.17) is 0 Å². The molecule has 15 heavy (non-hydrogen) atoms. The standard InChI is InChI=1S/C12H24NO2/c14-9-8-13-6-2-1-5-12(13)11(10-15)4-3-7-13/h11-12,14-15H,1-10H2/q+1/t11-,12-,13-/m0/s1. The Bertz CT molecular complexity index is 200. The van der Waals surface area contributed by atoms with Gasteiger partial charge in [0.25, 0.3) is 0 Å². The third-order valence-electron chi connectivity index (χ3n) is 4.56. The zero-order valence-corrected chi connectivity index (χ0v) is 9.57. The summed E-state index contributed by atoms with van der Waals surface area (Å²) in [7, 11) is 0. The molecule has 0 aromatic carbocycles. The van der Waals surface area contributed by atoms with Gasteiger partial charge in [-0.3, -0.25) is 0 Å². The second-order valence-electron chi connectivity index (χ2n) is 5.26. The van der Waals surface area contributed by atoms with Crippen LogP contribution in [0, 0.1) is 5.92 Å². The van der Waals surface area contributed by atoms with E-state index in [0.717, 1.165) is 11.0 Å². The number of piperidine rings is 2. The van der Waals surface area contributed by atoms with Crippen LogP contribution in [0.4, 0.5) is 0 Å². The summed E-state index contributed by atoms with van der Waals surface area (Å²) in [5, 5.41) is 18.7. The first-order valence-corrected chi connectivity index (χ1v) is 6.40. The van der Waals surface area contributed by atoms with Gasteiger partial charge in [-0.2, -0.15) is 0 Å². The topological polar surface area (TPSA) is 40.5 Å². The fourth-order valence-electron chi connectivity index (χ4n) is 3.84. The van der Waals surface area contributed by atoms with Crippen molar-refractivity contribution in [2.45, 2.75) is 38.1 Å². The lowest BCUT2D eigenvalue weighted by atomic mass is 9.81. The highest BCUT2D eigenvalue weighted by atomic mass is 16.3.